The van der Waals surface area contributed by atoms with Gasteiger partial charge in [0.25, 0.3) is 6.23 Å². The van der Waals surface area contributed by atoms with E-state index in [9.17, 15) is 0 Å². The van der Waals surface area contributed by atoms with E-state index in [-0.39, 0.29) is 6.23 Å². The first kappa shape index (κ1) is 13.1. The van der Waals surface area contributed by atoms with Crippen LogP contribution in [-0.2, 0) is 0 Å². The standard InChI is InChI=1S/C20H18NO/c1-14-7-5-10-17-13-21(15(2)22-20(14)17)19-12-6-9-16-8-3-4-11-18(16)19/h3-13,15H,1-2H3/q+1. The summed E-state index contributed by atoms with van der Waals surface area (Å²) < 4.78 is 8.39. The predicted octanol–water partition coefficient (Wildman–Crippen LogP) is 4.65. The van der Waals surface area contributed by atoms with Gasteiger partial charge in [0, 0.05) is 13.0 Å². The summed E-state index contributed by atoms with van der Waals surface area (Å²) in [5.74, 6) is 0.992. The molecule has 1 atom stereocenters. The van der Waals surface area contributed by atoms with E-state index >= 15 is 0 Å². The van der Waals surface area contributed by atoms with Crippen LogP contribution in [0.3, 0.4) is 0 Å². The van der Waals surface area contributed by atoms with Crippen LogP contribution in [0.5, 0.6) is 5.75 Å². The molecular weight excluding hydrogens is 270 g/mol. The van der Waals surface area contributed by atoms with Crippen LogP contribution in [0.25, 0.3) is 10.8 Å². The molecule has 0 radical (unpaired) electrons. The smallest absolute Gasteiger partial charge is 0.299 e. The molecule has 0 N–H and O–H groups in total. The van der Waals surface area contributed by atoms with Gasteiger partial charge < -0.3 is 4.74 Å². The number of aryl methyl sites for hydroxylation is 1. The molecule has 1 aliphatic heterocycles. The van der Waals surface area contributed by atoms with Gasteiger partial charge in [-0.3, -0.25) is 0 Å². The summed E-state index contributed by atoms with van der Waals surface area (Å²) in [6.45, 7) is 4.18. The van der Waals surface area contributed by atoms with Gasteiger partial charge in [-0.25, -0.2) is 0 Å². The van der Waals surface area contributed by atoms with E-state index in [1.807, 2.05) is 0 Å². The van der Waals surface area contributed by atoms with Crippen molar-refractivity contribution in [3.8, 4) is 5.75 Å². The molecule has 2 heteroatoms. The molecule has 0 fully saturated rings. The van der Waals surface area contributed by atoms with Gasteiger partial charge in [-0.2, -0.15) is 4.58 Å². The number of ether oxygens (including phenoxy) is 1. The molecule has 0 bridgehead atoms. The maximum absolute atomic E-state index is 6.17. The van der Waals surface area contributed by atoms with Crippen molar-refractivity contribution in [1.82, 2.24) is 0 Å². The van der Waals surface area contributed by atoms with Gasteiger partial charge in [-0.05, 0) is 30.0 Å². The van der Waals surface area contributed by atoms with Gasteiger partial charge in [-0.15, -0.1) is 0 Å². The molecule has 108 valence electrons. The molecule has 4 rings (SSSR count). The maximum Gasteiger partial charge on any atom is 0.299 e. The highest BCUT2D eigenvalue weighted by atomic mass is 16.5. The summed E-state index contributed by atoms with van der Waals surface area (Å²) in [4.78, 5) is 0. The normalized spacial score (nSPS) is 16.8. The van der Waals surface area contributed by atoms with Crippen LogP contribution in [0, 0.1) is 6.92 Å². The second kappa shape index (κ2) is 4.99. The van der Waals surface area contributed by atoms with E-state index in [0.29, 0.717) is 0 Å². The fourth-order valence-corrected chi connectivity index (χ4v) is 3.12. The van der Waals surface area contributed by atoms with Crippen LogP contribution in [0.4, 0.5) is 5.69 Å². The van der Waals surface area contributed by atoms with Gasteiger partial charge in [-0.1, -0.05) is 42.5 Å². The number of para-hydroxylation sites is 1. The Morgan fingerprint density at radius 2 is 1.68 bits per heavy atom. The molecule has 0 aliphatic carbocycles. The van der Waals surface area contributed by atoms with Crippen molar-refractivity contribution >= 4 is 22.7 Å². The highest BCUT2D eigenvalue weighted by Crippen LogP contribution is 2.32. The largest absolute Gasteiger partial charge is 0.433 e. The molecule has 22 heavy (non-hydrogen) atoms. The minimum absolute atomic E-state index is 0.0283. The molecule has 0 amide bonds. The highest BCUT2D eigenvalue weighted by Gasteiger charge is 2.28. The van der Waals surface area contributed by atoms with Crippen molar-refractivity contribution in [3.63, 3.8) is 0 Å². The Labute approximate surface area is 130 Å². The lowest BCUT2D eigenvalue weighted by atomic mass is 10.1. The third-order valence-electron chi connectivity index (χ3n) is 4.25. The van der Waals surface area contributed by atoms with Crippen LogP contribution >= 0.6 is 0 Å². The Bertz CT molecular complexity index is 890. The van der Waals surface area contributed by atoms with Crippen molar-refractivity contribution in [1.29, 1.82) is 0 Å². The molecule has 0 aromatic heterocycles. The molecule has 0 saturated heterocycles. The van der Waals surface area contributed by atoms with Crippen LogP contribution in [0.1, 0.15) is 18.1 Å². The van der Waals surface area contributed by atoms with Crippen molar-refractivity contribution in [3.05, 3.63) is 71.8 Å². The molecule has 1 heterocycles. The van der Waals surface area contributed by atoms with Gasteiger partial charge in [0.2, 0.25) is 5.69 Å². The van der Waals surface area contributed by atoms with E-state index in [1.54, 1.807) is 0 Å². The molecule has 0 saturated carbocycles. The summed E-state index contributed by atoms with van der Waals surface area (Å²) in [5, 5.41) is 2.49. The van der Waals surface area contributed by atoms with Crippen LogP contribution < -0.4 is 4.74 Å². The van der Waals surface area contributed by atoms with Crippen molar-refractivity contribution in [2.24, 2.45) is 0 Å². The summed E-state index contributed by atoms with van der Waals surface area (Å²) >= 11 is 0. The SMILES string of the molecule is Cc1cccc2c1OC(C)[N+](c1cccc3ccccc13)=C2. The Kier molecular flexibility index (Phi) is 2.97. The first-order valence-corrected chi connectivity index (χ1v) is 7.61. The van der Waals surface area contributed by atoms with Crippen LogP contribution in [-0.4, -0.2) is 17.0 Å². The van der Waals surface area contributed by atoms with Gasteiger partial charge in [0.1, 0.15) is 5.75 Å². The zero-order valence-electron chi connectivity index (χ0n) is 12.8. The first-order chi connectivity index (χ1) is 10.7. The Morgan fingerprint density at radius 1 is 0.909 bits per heavy atom. The third-order valence-corrected chi connectivity index (χ3v) is 4.25. The summed E-state index contributed by atoms with van der Waals surface area (Å²) in [7, 11) is 0. The van der Waals surface area contributed by atoms with E-state index in [0.717, 1.165) is 11.3 Å². The van der Waals surface area contributed by atoms with E-state index in [4.69, 9.17) is 4.74 Å². The lowest BCUT2D eigenvalue weighted by Gasteiger charge is -2.21. The number of benzene rings is 3. The average Bonchev–Trinajstić information content (AvgIpc) is 2.55. The number of rotatable bonds is 1. The predicted molar refractivity (Wildman–Crippen MR) is 90.3 cm³/mol. The quantitative estimate of drug-likeness (QED) is 0.594. The average molecular weight is 288 g/mol. The zero-order valence-corrected chi connectivity index (χ0v) is 12.8. The lowest BCUT2D eigenvalue weighted by molar-refractivity contribution is -0.521. The monoisotopic (exact) mass is 288 g/mol. The van der Waals surface area contributed by atoms with Gasteiger partial charge in [0.05, 0.1) is 10.9 Å². The number of fused-ring (bicyclic) bond motifs is 2. The Balaban J connectivity index is 1.95. The fraction of sp³-hybridized carbons (Fsp3) is 0.150. The summed E-state index contributed by atoms with van der Waals surface area (Å²) in [6.07, 6.45) is 2.16. The number of nitrogens with zero attached hydrogens (tertiary/aromatic N) is 1. The lowest BCUT2D eigenvalue weighted by Crippen LogP contribution is -2.31. The molecule has 3 aromatic rings. The maximum atomic E-state index is 6.17. The number of hydrogen-bond donors (Lipinski definition) is 0. The Morgan fingerprint density at radius 3 is 2.59 bits per heavy atom. The number of hydrogen-bond acceptors (Lipinski definition) is 1. The molecule has 3 aromatic carbocycles. The highest BCUT2D eigenvalue weighted by molar-refractivity contribution is 5.92. The van der Waals surface area contributed by atoms with E-state index in [1.165, 1.54) is 22.0 Å². The second-order valence-corrected chi connectivity index (χ2v) is 5.75. The van der Waals surface area contributed by atoms with Crippen molar-refractivity contribution < 1.29 is 9.31 Å². The fourth-order valence-electron chi connectivity index (χ4n) is 3.12. The molecule has 2 nitrogen and oxygen atoms in total. The Hall–Kier alpha value is -2.61. The van der Waals surface area contributed by atoms with Crippen LogP contribution in [0.15, 0.2) is 60.7 Å². The van der Waals surface area contributed by atoms with Crippen LogP contribution in [0.2, 0.25) is 0 Å². The minimum atomic E-state index is -0.0283. The summed E-state index contributed by atoms with van der Waals surface area (Å²) in [6, 6.07) is 21.1. The molecule has 1 unspecified atom stereocenters. The molecular formula is C20H18NO+. The van der Waals surface area contributed by atoms with Crippen molar-refractivity contribution in [2.75, 3.05) is 0 Å². The third kappa shape index (κ3) is 2.00. The molecule has 1 aliphatic rings. The second-order valence-electron chi connectivity index (χ2n) is 5.75. The minimum Gasteiger partial charge on any atom is -0.433 e. The van der Waals surface area contributed by atoms with E-state index in [2.05, 4.69) is 85.3 Å². The van der Waals surface area contributed by atoms with Gasteiger partial charge >= 0.3 is 0 Å². The zero-order chi connectivity index (χ0) is 15.1. The van der Waals surface area contributed by atoms with E-state index < -0.39 is 0 Å². The van der Waals surface area contributed by atoms with Gasteiger partial charge in [0.15, 0.2) is 6.21 Å². The topological polar surface area (TPSA) is 12.2 Å². The van der Waals surface area contributed by atoms with Crippen molar-refractivity contribution in [2.45, 2.75) is 20.1 Å². The molecule has 0 spiro atoms. The summed E-state index contributed by atoms with van der Waals surface area (Å²) in [5.41, 5.74) is 3.49. The first-order valence-electron chi connectivity index (χ1n) is 7.61.